The van der Waals surface area contributed by atoms with E-state index in [1.807, 2.05) is 36.4 Å². The first-order valence-electron chi connectivity index (χ1n) is 4.04. The second-order valence-corrected chi connectivity index (χ2v) is 3.21. The zero-order chi connectivity index (χ0) is 9.26. The van der Waals surface area contributed by atoms with E-state index in [-0.39, 0.29) is 0 Å². The zero-order valence-corrected chi connectivity index (χ0v) is 8.01. The van der Waals surface area contributed by atoms with Gasteiger partial charge in [0, 0.05) is 5.39 Å². The van der Waals surface area contributed by atoms with Crippen LogP contribution < -0.4 is 4.74 Å². The summed E-state index contributed by atoms with van der Waals surface area (Å²) in [6.07, 6.45) is 0. The molecular formula is C11H9ClO. The van der Waals surface area contributed by atoms with Crippen molar-refractivity contribution in [2.24, 2.45) is 0 Å². The van der Waals surface area contributed by atoms with E-state index >= 15 is 0 Å². The number of benzene rings is 2. The quantitative estimate of drug-likeness (QED) is 0.672. The van der Waals surface area contributed by atoms with Crippen LogP contribution in [0.15, 0.2) is 36.4 Å². The lowest BCUT2D eigenvalue weighted by Gasteiger charge is -2.06. The van der Waals surface area contributed by atoms with E-state index in [0.717, 1.165) is 16.5 Å². The summed E-state index contributed by atoms with van der Waals surface area (Å²) in [6.45, 7) is 0. The highest BCUT2D eigenvalue weighted by Gasteiger charge is 2.04. The summed E-state index contributed by atoms with van der Waals surface area (Å²) in [5.74, 6) is 0.750. The molecule has 2 rings (SSSR count). The number of methoxy groups -OCH3 is 1. The summed E-state index contributed by atoms with van der Waals surface area (Å²) in [4.78, 5) is 0. The Hall–Kier alpha value is -1.21. The second kappa shape index (κ2) is 3.27. The molecule has 0 unspecified atom stereocenters. The fourth-order valence-electron chi connectivity index (χ4n) is 1.42. The lowest BCUT2D eigenvalue weighted by molar-refractivity contribution is 0.420. The molecule has 0 heterocycles. The van der Waals surface area contributed by atoms with E-state index in [4.69, 9.17) is 16.3 Å². The van der Waals surface area contributed by atoms with Gasteiger partial charge in [-0.05, 0) is 11.5 Å². The Balaban J connectivity index is 2.84. The van der Waals surface area contributed by atoms with E-state index < -0.39 is 0 Å². The molecule has 0 saturated heterocycles. The van der Waals surface area contributed by atoms with Crippen molar-refractivity contribution in [2.45, 2.75) is 0 Å². The summed E-state index contributed by atoms with van der Waals surface area (Å²) in [5.41, 5.74) is 0. The van der Waals surface area contributed by atoms with Crippen LogP contribution in [0.25, 0.3) is 10.8 Å². The summed E-state index contributed by atoms with van der Waals surface area (Å²) in [6, 6.07) is 11.8. The van der Waals surface area contributed by atoms with Crippen molar-refractivity contribution in [3.63, 3.8) is 0 Å². The predicted molar refractivity (Wildman–Crippen MR) is 55.5 cm³/mol. The van der Waals surface area contributed by atoms with Gasteiger partial charge in [-0.25, -0.2) is 0 Å². The average Bonchev–Trinajstić information content (AvgIpc) is 2.18. The monoisotopic (exact) mass is 192 g/mol. The van der Waals surface area contributed by atoms with Gasteiger partial charge in [0.05, 0.1) is 12.1 Å². The minimum Gasteiger partial charge on any atom is -0.495 e. The van der Waals surface area contributed by atoms with Crippen LogP contribution in [-0.2, 0) is 0 Å². The molecule has 2 heteroatoms. The van der Waals surface area contributed by atoms with Gasteiger partial charge in [0.15, 0.2) is 0 Å². The zero-order valence-electron chi connectivity index (χ0n) is 7.25. The summed E-state index contributed by atoms with van der Waals surface area (Å²) in [7, 11) is 1.63. The minimum atomic E-state index is 0.654. The molecule has 1 nitrogen and oxygen atoms in total. The summed E-state index contributed by atoms with van der Waals surface area (Å²) >= 11 is 5.98. The molecule has 2 aromatic carbocycles. The Bertz CT molecular complexity index is 437. The van der Waals surface area contributed by atoms with Crippen molar-refractivity contribution in [2.75, 3.05) is 7.11 Å². The largest absolute Gasteiger partial charge is 0.495 e. The maximum atomic E-state index is 5.98. The van der Waals surface area contributed by atoms with Crippen molar-refractivity contribution in [3.8, 4) is 5.75 Å². The van der Waals surface area contributed by atoms with Crippen molar-refractivity contribution in [1.82, 2.24) is 0 Å². The van der Waals surface area contributed by atoms with Crippen LogP contribution >= 0.6 is 11.6 Å². The Labute approximate surface area is 81.9 Å². The van der Waals surface area contributed by atoms with Crippen molar-refractivity contribution >= 4 is 22.4 Å². The van der Waals surface area contributed by atoms with Crippen LogP contribution in [0.3, 0.4) is 0 Å². The smallest absolute Gasteiger partial charge is 0.145 e. The molecule has 0 fully saturated rings. The molecule has 66 valence electrons. The fraction of sp³-hybridized carbons (Fsp3) is 0.0909. The van der Waals surface area contributed by atoms with Gasteiger partial charge in [0.2, 0.25) is 0 Å². The van der Waals surface area contributed by atoms with Gasteiger partial charge in [-0.1, -0.05) is 41.9 Å². The van der Waals surface area contributed by atoms with Gasteiger partial charge in [-0.2, -0.15) is 0 Å². The molecular weight excluding hydrogens is 184 g/mol. The molecule has 0 saturated carbocycles. The Kier molecular flexibility index (Phi) is 2.11. The maximum absolute atomic E-state index is 5.98. The van der Waals surface area contributed by atoms with Gasteiger partial charge in [0.25, 0.3) is 0 Å². The van der Waals surface area contributed by atoms with E-state index in [9.17, 15) is 0 Å². The molecule has 13 heavy (non-hydrogen) atoms. The van der Waals surface area contributed by atoms with Crippen LogP contribution in [0.1, 0.15) is 0 Å². The third-order valence-corrected chi connectivity index (χ3v) is 2.33. The van der Waals surface area contributed by atoms with Crippen molar-refractivity contribution in [3.05, 3.63) is 41.4 Å². The van der Waals surface area contributed by atoms with Crippen molar-refractivity contribution < 1.29 is 4.74 Å². The molecule has 2 aromatic rings. The lowest BCUT2D eigenvalue weighted by atomic mass is 10.1. The first-order chi connectivity index (χ1) is 6.33. The van der Waals surface area contributed by atoms with Crippen LogP contribution in [0.4, 0.5) is 0 Å². The predicted octanol–water partition coefficient (Wildman–Crippen LogP) is 3.50. The molecule has 0 aromatic heterocycles. The van der Waals surface area contributed by atoms with E-state index in [0.29, 0.717) is 5.02 Å². The van der Waals surface area contributed by atoms with Crippen LogP contribution in [0.2, 0.25) is 5.02 Å². The molecule has 0 atom stereocenters. The standard InChI is InChI=1S/C11H9ClO/c1-13-11-9-5-3-2-4-8(9)6-7-10(11)12/h2-7H,1H3. The Morgan fingerprint density at radius 2 is 1.85 bits per heavy atom. The highest BCUT2D eigenvalue weighted by Crippen LogP contribution is 2.32. The Morgan fingerprint density at radius 1 is 1.08 bits per heavy atom. The Morgan fingerprint density at radius 3 is 2.62 bits per heavy atom. The topological polar surface area (TPSA) is 9.23 Å². The third kappa shape index (κ3) is 1.36. The van der Waals surface area contributed by atoms with Crippen LogP contribution in [0, 0.1) is 0 Å². The van der Waals surface area contributed by atoms with Gasteiger partial charge in [-0.15, -0.1) is 0 Å². The van der Waals surface area contributed by atoms with Gasteiger partial charge in [0.1, 0.15) is 5.75 Å². The SMILES string of the molecule is COc1c(Cl)ccc2ccccc12. The molecule has 0 amide bonds. The third-order valence-electron chi connectivity index (χ3n) is 2.04. The molecule has 0 aliphatic heterocycles. The number of rotatable bonds is 1. The number of hydrogen-bond acceptors (Lipinski definition) is 1. The average molecular weight is 193 g/mol. The van der Waals surface area contributed by atoms with E-state index in [2.05, 4.69) is 0 Å². The first-order valence-corrected chi connectivity index (χ1v) is 4.42. The molecule has 0 radical (unpaired) electrons. The molecule has 0 bridgehead atoms. The molecule has 0 spiro atoms. The van der Waals surface area contributed by atoms with E-state index in [1.165, 1.54) is 0 Å². The lowest BCUT2D eigenvalue weighted by Crippen LogP contribution is -1.85. The minimum absolute atomic E-state index is 0.654. The number of hydrogen-bond donors (Lipinski definition) is 0. The second-order valence-electron chi connectivity index (χ2n) is 2.80. The molecule has 0 aliphatic carbocycles. The number of halogens is 1. The normalized spacial score (nSPS) is 10.3. The van der Waals surface area contributed by atoms with Crippen LogP contribution in [0.5, 0.6) is 5.75 Å². The number of ether oxygens (including phenoxy) is 1. The first kappa shape index (κ1) is 8.39. The maximum Gasteiger partial charge on any atom is 0.145 e. The summed E-state index contributed by atoms with van der Waals surface area (Å²) < 4.78 is 5.23. The van der Waals surface area contributed by atoms with Crippen LogP contribution in [-0.4, -0.2) is 7.11 Å². The highest BCUT2D eigenvalue weighted by atomic mass is 35.5. The highest BCUT2D eigenvalue weighted by molar-refractivity contribution is 6.33. The van der Waals surface area contributed by atoms with Gasteiger partial charge >= 0.3 is 0 Å². The van der Waals surface area contributed by atoms with Gasteiger partial charge < -0.3 is 4.74 Å². The molecule has 0 aliphatic rings. The molecule has 0 N–H and O–H groups in total. The number of fused-ring (bicyclic) bond motifs is 1. The van der Waals surface area contributed by atoms with E-state index in [1.54, 1.807) is 7.11 Å². The summed E-state index contributed by atoms with van der Waals surface area (Å²) in [5, 5.41) is 2.85. The van der Waals surface area contributed by atoms with Crippen molar-refractivity contribution in [1.29, 1.82) is 0 Å². The van der Waals surface area contributed by atoms with Gasteiger partial charge in [-0.3, -0.25) is 0 Å². The fourth-order valence-corrected chi connectivity index (χ4v) is 1.67.